The Bertz CT molecular complexity index is 697. The van der Waals surface area contributed by atoms with Gasteiger partial charge < -0.3 is 4.74 Å². The van der Waals surface area contributed by atoms with Crippen molar-refractivity contribution in [1.29, 1.82) is 0 Å². The Balaban J connectivity index is 1.55. The summed E-state index contributed by atoms with van der Waals surface area (Å²) < 4.78 is 4.80. The van der Waals surface area contributed by atoms with Crippen molar-refractivity contribution >= 4 is 5.97 Å². The summed E-state index contributed by atoms with van der Waals surface area (Å²) in [6, 6.07) is 12.2. The molecule has 1 aliphatic rings. The summed E-state index contributed by atoms with van der Waals surface area (Å²) in [5, 5.41) is 0. The lowest BCUT2D eigenvalue weighted by Crippen LogP contribution is -2.46. The number of pyridine rings is 1. The fourth-order valence-electron chi connectivity index (χ4n) is 3.32. The maximum atomic E-state index is 11.7. The number of aromatic nitrogens is 1. The smallest absolute Gasteiger partial charge is 0.337 e. The predicted octanol–water partition coefficient (Wildman–Crippen LogP) is 2.75. The maximum absolute atomic E-state index is 11.7. The molecule has 0 aliphatic carbocycles. The average molecular weight is 339 g/mol. The molecule has 2 aromatic rings. The van der Waals surface area contributed by atoms with Crippen LogP contribution in [0.4, 0.5) is 0 Å². The summed E-state index contributed by atoms with van der Waals surface area (Å²) in [4.78, 5) is 20.8. The summed E-state index contributed by atoms with van der Waals surface area (Å²) >= 11 is 0. The second kappa shape index (κ2) is 8.23. The van der Waals surface area contributed by atoms with E-state index < -0.39 is 0 Å². The molecule has 0 amide bonds. The molecule has 3 rings (SSSR count). The van der Waals surface area contributed by atoms with Gasteiger partial charge in [-0.3, -0.25) is 14.8 Å². The molecule has 0 radical (unpaired) electrons. The molecule has 1 atom stereocenters. The van der Waals surface area contributed by atoms with Gasteiger partial charge >= 0.3 is 5.97 Å². The van der Waals surface area contributed by atoms with Gasteiger partial charge in [0.1, 0.15) is 0 Å². The Kier molecular flexibility index (Phi) is 5.79. The first-order chi connectivity index (χ1) is 12.2. The predicted molar refractivity (Wildman–Crippen MR) is 97.3 cm³/mol. The van der Waals surface area contributed by atoms with Crippen molar-refractivity contribution in [1.82, 2.24) is 14.8 Å². The number of carbonyl (C=O) groups is 1. The van der Waals surface area contributed by atoms with Gasteiger partial charge in [-0.2, -0.15) is 0 Å². The largest absolute Gasteiger partial charge is 0.465 e. The topological polar surface area (TPSA) is 45.7 Å². The lowest BCUT2D eigenvalue weighted by Gasteiger charge is -2.38. The van der Waals surface area contributed by atoms with Gasteiger partial charge in [0.15, 0.2) is 0 Å². The van der Waals surface area contributed by atoms with Crippen molar-refractivity contribution in [2.24, 2.45) is 0 Å². The van der Waals surface area contributed by atoms with Gasteiger partial charge in [-0.15, -0.1) is 0 Å². The minimum atomic E-state index is -0.281. The Hall–Kier alpha value is -2.24. The van der Waals surface area contributed by atoms with Crippen LogP contribution in [0.5, 0.6) is 0 Å². The van der Waals surface area contributed by atoms with E-state index in [0.29, 0.717) is 11.6 Å². The highest BCUT2D eigenvalue weighted by atomic mass is 16.5. The standard InChI is InChI=1S/C20H25N3O2/c1-16(19-7-4-8-21-14-19)23-11-9-22(10-12-23)15-17-5-3-6-18(13-17)20(24)25-2/h3-8,13-14,16H,9-12,15H2,1-2H3/t16-/m1/s1. The first-order valence-corrected chi connectivity index (χ1v) is 8.71. The highest BCUT2D eigenvalue weighted by Crippen LogP contribution is 2.21. The molecular weight excluding hydrogens is 314 g/mol. The number of hydrogen-bond donors (Lipinski definition) is 0. The van der Waals surface area contributed by atoms with Gasteiger partial charge in [0.2, 0.25) is 0 Å². The molecule has 1 fully saturated rings. The fraction of sp³-hybridized carbons (Fsp3) is 0.400. The number of rotatable bonds is 5. The first-order valence-electron chi connectivity index (χ1n) is 8.71. The maximum Gasteiger partial charge on any atom is 0.337 e. The molecule has 1 saturated heterocycles. The van der Waals surface area contributed by atoms with Crippen LogP contribution in [0.15, 0.2) is 48.8 Å². The Morgan fingerprint density at radius 3 is 2.68 bits per heavy atom. The number of methoxy groups -OCH3 is 1. The molecule has 25 heavy (non-hydrogen) atoms. The van der Waals surface area contributed by atoms with Gasteiger partial charge in [0, 0.05) is 51.2 Å². The molecule has 5 nitrogen and oxygen atoms in total. The lowest BCUT2D eigenvalue weighted by atomic mass is 10.1. The van der Waals surface area contributed by atoms with Crippen LogP contribution in [0.1, 0.15) is 34.5 Å². The summed E-state index contributed by atoms with van der Waals surface area (Å²) in [5.41, 5.74) is 3.03. The van der Waals surface area contributed by atoms with Crippen LogP contribution in [0.2, 0.25) is 0 Å². The highest BCUT2D eigenvalue weighted by Gasteiger charge is 2.22. The second-order valence-corrected chi connectivity index (χ2v) is 6.47. The number of benzene rings is 1. The molecule has 1 aromatic carbocycles. The van der Waals surface area contributed by atoms with E-state index in [0.717, 1.165) is 38.3 Å². The Morgan fingerprint density at radius 2 is 2.00 bits per heavy atom. The number of ether oxygens (including phenoxy) is 1. The second-order valence-electron chi connectivity index (χ2n) is 6.47. The Morgan fingerprint density at radius 1 is 1.20 bits per heavy atom. The van der Waals surface area contributed by atoms with Crippen molar-refractivity contribution in [2.45, 2.75) is 19.5 Å². The van der Waals surface area contributed by atoms with E-state index >= 15 is 0 Å². The van der Waals surface area contributed by atoms with Gasteiger partial charge in [-0.05, 0) is 36.2 Å². The molecule has 1 aromatic heterocycles. The van der Waals surface area contributed by atoms with Crippen LogP contribution in [0, 0.1) is 0 Å². The van der Waals surface area contributed by atoms with Crippen LogP contribution in [-0.4, -0.2) is 54.0 Å². The van der Waals surface area contributed by atoms with E-state index in [-0.39, 0.29) is 5.97 Å². The molecule has 1 aliphatic heterocycles. The zero-order valence-electron chi connectivity index (χ0n) is 14.9. The normalized spacial score (nSPS) is 17.2. The van der Waals surface area contributed by atoms with E-state index in [4.69, 9.17) is 4.74 Å². The molecular formula is C20H25N3O2. The molecule has 2 heterocycles. The van der Waals surface area contributed by atoms with E-state index in [1.54, 1.807) is 6.07 Å². The van der Waals surface area contributed by atoms with E-state index in [1.165, 1.54) is 12.7 Å². The van der Waals surface area contributed by atoms with Gasteiger partial charge in [-0.1, -0.05) is 18.2 Å². The number of piperazine rings is 1. The molecule has 0 unspecified atom stereocenters. The number of hydrogen-bond acceptors (Lipinski definition) is 5. The summed E-state index contributed by atoms with van der Waals surface area (Å²) in [5.74, 6) is -0.281. The third-order valence-electron chi connectivity index (χ3n) is 4.88. The Labute approximate surface area is 149 Å². The average Bonchev–Trinajstić information content (AvgIpc) is 2.68. The van der Waals surface area contributed by atoms with Crippen molar-refractivity contribution in [3.05, 3.63) is 65.5 Å². The third-order valence-corrected chi connectivity index (χ3v) is 4.88. The lowest BCUT2D eigenvalue weighted by molar-refractivity contribution is 0.0600. The summed E-state index contributed by atoms with van der Waals surface area (Å²) in [7, 11) is 1.41. The van der Waals surface area contributed by atoms with Crippen LogP contribution in [0.25, 0.3) is 0 Å². The zero-order chi connectivity index (χ0) is 17.6. The van der Waals surface area contributed by atoms with Crippen molar-refractivity contribution in [2.75, 3.05) is 33.3 Å². The SMILES string of the molecule is COC(=O)c1cccc(CN2CCN([C@H](C)c3cccnc3)CC2)c1. The molecule has 0 saturated carbocycles. The van der Waals surface area contributed by atoms with E-state index in [2.05, 4.69) is 33.8 Å². The minimum Gasteiger partial charge on any atom is -0.465 e. The quantitative estimate of drug-likeness (QED) is 0.784. The molecule has 0 N–H and O–H groups in total. The van der Waals surface area contributed by atoms with Crippen LogP contribution >= 0.6 is 0 Å². The summed E-state index contributed by atoms with van der Waals surface area (Å²) in [6.45, 7) is 7.21. The molecule has 0 bridgehead atoms. The molecule has 132 valence electrons. The number of carbonyl (C=O) groups excluding carboxylic acids is 1. The number of nitrogens with zero attached hydrogens (tertiary/aromatic N) is 3. The fourth-order valence-corrected chi connectivity index (χ4v) is 3.32. The number of esters is 1. The summed E-state index contributed by atoms with van der Waals surface area (Å²) in [6.07, 6.45) is 3.77. The molecule has 0 spiro atoms. The third kappa shape index (κ3) is 4.44. The van der Waals surface area contributed by atoms with Crippen LogP contribution in [-0.2, 0) is 11.3 Å². The minimum absolute atomic E-state index is 0.281. The van der Waals surface area contributed by atoms with Crippen LogP contribution in [0.3, 0.4) is 0 Å². The van der Waals surface area contributed by atoms with Gasteiger partial charge in [0.25, 0.3) is 0 Å². The van der Waals surface area contributed by atoms with Gasteiger partial charge in [-0.25, -0.2) is 4.79 Å². The molecule has 5 heteroatoms. The van der Waals surface area contributed by atoms with Crippen molar-refractivity contribution < 1.29 is 9.53 Å². The van der Waals surface area contributed by atoms with Crippen molar-refractivity contribution in [3.63, 3.8) is 0 Å². The van der Waals surface area contributed by atoms with E-state index in [1.807, 2.05) is 30.6 Å². The zero-order valence-corrected chi connectivity index (χ0v) is 14.9. The van der Waals surface area contributed by atoms with Crippen LogP contribution < -0.4 is 0 Å². The van der Waals surface area contributed by atoms with E-state index in [9.17, 15) is 4.79 Å². The monoisotopic (exact) mass is 339 g/mol. The van der Waals surface area contributed by atoms with Gasteiger partial charge in [0.05, 0.1) is 12.7 Å². The van der Waals surface area contributed by atoms with Crippen molar-refractivity contribution in [3.8, 4) is 0 Å². The highest BCUT2D eigenvalue weighted by molar-refractivity contribution is 5.89. The first kappa shape index (κ1) is 17.6.